The van der Waals surface area contributed by atoms with E-state index in [-0.39, 0.29) is 17.9 Å². The van der Waals surface area contributed by atoms with E-state index in [1.807, 2.05) is 24.3 Å². The third-order valence-corrected chi connectivity index (χ3v) is 8.02. The van der Waals surface area contributed by atoms with Gasteiger partial charge in [0, 0.05) is 34.1 Å². The van der Waals surface area contributed by atoms with Crippen LogP contribution in [0.5, 0.6) is 11.5 Å². The summed E-state index contributed by atoms with van der Waals surface area (Å²) in [5, 5.41) is 44.4. The summed E-state index contributed by atoms with van der Waals surface area (Å²) >= 11 is 3.47. The van der Waals surface area contributed by atoms with Gasteiger partial charge in [-0.2, -0.15) is 0 Å². The van der Waals surface area contributed by atoms with Gasteiger partial charge in [0.15, 0.2) is 11.5 Å². The van der Waals surface area contributed by atoms with Gasteiger partial charge in [-0.3, -0.25) is 4.90 Å². The standard InChI is InChI=1S/C25H28BrNO6/c1-32-17-8-7-15-18(23(17)31)25-9-10-27(12-13-3-5-14(26)6-4-13)20(21(15)29)19(25)24(33-2)22(30)16(28)11-25/h3-8,16,20-22,28-31H,9-12H2,1-2H3/t16-,20-,21+,22-,25-/m0/s1. The molecule has 2 bridgehead atoms. The summed E-state index contributed by atoms with van der Waals surface area (Å²) in [6.45, 7) is 1.24. The average molecular weight is 518 g/mol. The van der Waals surface area contributed by atoms with Gasteiger partial charge in [0.1, 0.15) is 11.9 Å². The molecule has 2 aliphatic carbocycles. The van der Waals surface area contributed by atoms with Gasteiger partial charge in [0.05, 0.1) is 32.5 Å². The molecule has 2 aromatic rings. The Hall–Kier alpha value is -2.10. The number of rotatable bonds is 4. The molecule has 0 aromatic heterocycles. The number of aliphatic hydroxyl groups excluding tert-OH is 3. The number of aromatic hydroxyl groups is 1. The summed E-state index contributed by atoms with van der Waals surface area (Å²) in [4.78, 5) is 2.19. The van der Waals surface area contributed by atoms with Crippen molar-refractivity contribution >= 4 is 15.9 Å². The Bertz CT molecular complexity index is 1100. The van der Waals surface area contributed by atoms with Crippen LogP contribution in [0.1, 0.15) is 35.6 Å². The Kier molecular flexibility index (Phi) is 5.69. The maximum atomic E-state index is 11.6. The van der Waals surface area contributed by atoms with E-state index >= 15 is 0 Å². The van der Waals surface area contributed by atoms with E-state index in [4.69, 9.17) is 9.47 Å². The van der Waals surface area contributed by atoms with Crippen LogP contribution in [0.15, 0.2) is 52.2 Å². The number of hydrogen-bond acceptors (Lipinski definition) is 7. The van der Waals surface area contributed by atoms with E-state index in [1.165, 1.54) is 14.2 Å². The second-order valence-corrected chi connectivity index (χ2v) is 10.0. The first-order valence-electron chi connectivity index (χ1n) is 11.0. The van der Waals surface area contributed by atoms with Gasteiger partial charge in [-0.15, -0.1) is 0 Å². The van der Waals surface area contributed by atoms with Gasteiger partial charge < -0.3 is 29.9 Å². The molecule has 5 atom stereocenters. The van der Waals surface area contributed by atoms with E-state index < -0.39 is 29.8 Å². The first-order valence-corrected chi connectivity index (χ1v) is 11.8. The first kappa shape index (κ1) is 22.7. The van der Waals surface area contributed by atoms with E-state index in [0.29, 0.717) is 36.4 Å². The molecule has 0 unspecified atom stereocenters. The zero-order valence-electron chi connectivity index (χ0n) is 18.5. The van der Waals surface area contributed by atoms with Crippen LogP contribution >= 0.6 is 15.9 Å². The predicted molar refractivity (Wildman–Crippen MR) is 125 cm³/mol. The van der Waals surface area contributed by atoms with E-state index in [2.05, 4.69) is 20.8 Å². The van der Waals surface area contributed by atoms with Crippen LogP contribution in [0.2, 0.25) is 0 Å². The summed E-state index contributed by atoms with van der Waals surface area (Å²) in [6, 6.07) is 11.0. The number of methoxy groups -OCH3 is 2. The molecule has 0 amide bonds. The number of ether oxygens (including phenoxy) is 2. The zero-order chi connectivity index (χ0) is 23.5. The van der Waals surface area contributed by atoms with Gasteiger partial charge in [0.25, 0.3) is 0 Å². The monoisotopic (exact) mass is 517 g/mol. The van der Waals surface area contributed by atoms with E-state index in [9.17, 15) is 20.4 Å². The average Bonchev–Trinajstić information content (AvgIpc) is 2.80. The molecule has 2 aromatic carbocycles. The third-order valence-electron chi connectivity index (χ3n) is 7.49. The Balaban J connectivity index is 1.72. The Labute approximate surface area is 201 Å². The molecule has 0 radical (unpaired) electrons. The van der Waals surface area contributed by atoms with Crippen LogP contribution in [0.4, 0.5) is 0 Å². The van der Waals surface area contributed by atoms with Crippen molar-refractivity contribution in [1.29, 1.82) is 0 Å². The highest BCUT2D eigenvalue weighted by molar-refractivity contribution is 9.10. The largest absolute Gasteiger partial charge is 0.504 e. The molecule has 1 saturated heterocycles. The number of halogens is 1. The molecule has 3 aliphatic rings. The van der Waals surface area contributed by atoms with Crippen molar-refractivity contribution in [1.82, 2.24) is 4.90 Å². The van der Waals surface area contributed by atoms with Crippen molar-refractivity contribution in [3.05, 3.63) is 68.9 Å². The van der Waals surface area contributed by atoms with Gasteiger partial charge >= 0.3 is 0 Å². The second kappa shape index (κ2) is 8.29. The van der Waals surface area contributed by atoms with Crippen LogP contribution in [-0.2, 0) is 16.7 Å². The summed E-state index contributed by atoms with van der Waals surface area (Å²) in [6.07, 6.45) is -2.40. The number of phenolic OH excluding ortho intramolecular Hbond substituents is 1. The lowest BCUT2D eigenvalue weighted by Crippen LogP contribution is -2.61. The lowest BCUT2D eigenvalue weighted by Gasteiger charge is -2.58. The van der Waals surface area contributed by atoms with Crippen LogP contribution in [0.25, 0.3) is 0 Å². The first-order chi connectivity index (χ1) is 15.8. The normalized spacial score (nSPS) is 31.1. The maximum absolute atomic E-state index is 11.6. The highest BCUT2D eigenvalue weighted by Crippen LogP contribution is 2.61. The fraction of sp³-hybridized carbons (Fsp3) is 0.440. The molecule has 4 N–H and O–H groups in total. The minimum absolute atomic E-state index is 0.0367. The lowest BCUT2D eigenvalue weighted by atomic mass is 9.54. The molecule has 1 aliphatic heterocycles. The summed E-state index contributed by atoms with van der Waals surface area (Å²) in [7, 11) is 2.96. The van der Waals surface area contributed by atoms with E-state index in [0.717, 1.165) is 15.6 Å². The molecule has 176 valence electrons. The van der Waals surface area contributed by atoms with Crippen molar-refractivity contribution in [3.63, 3.8) is 0 Å². The predicted octanol–water partition coefficient (Wildman–Crippen LogP) is 2.75. The molecule has 0 spiro atoms. The molecule has 33 heavy (non-hydrogen) atoms. The van der Waals surface area contributed by atoms with Gasteiger partial charge in [-0.1, -0.05) is 34.1 Å². The summed E-state index contributed by atoms with van der Waals surface area (Å²) in [5.41, 5.74) is 2.22. The number of piperidine rings is 1. The quantitative estimate of drug-likeness (QED) is 0.494. The number of aliphatic hydroxyl groups is 3. The summed E-state index contributed by atoms with van der Waals surface area (Å²) in [5.74, 6) is 0.543. The molecular formula is C25H28BrNO6. The van der Waals surface area contributed by atoms with Crippen molar-refractivity contribution in [3.8, 4) is 11.5 Å². The molecular weight excluding hydrogens is 490 g/mol. The number of nitrogens with zero attached hydrogens (tertiary/aromatic N) is 1. The second-order valence-electron chi connectivity index (χ2n) is 9.10. The topological polar surface area (TPSA) is 103 Å². The molecule has 7 nitrogen and oxygen atoms in total. The number of benzene rings is 2. The lowest BCUT2D eigenvalue weighted by molar-refractivity contribution is -0.0536. The molecule has 1 heterocycles. The van der Waals surface area contributed by atoms with Crippen LogP contribution in [0, 0.1) is 0 Å². The van der Waals surface area contributed by atoms with Crippen molar-refractivity contribution < 1.29 is 29.9 Å². The molecule has 0 saturated carbocycles. The van der Waals surface area contributed by atoms with Gasteiger partial charge in [-0.05, 0) is 42.2 Å². The molecule has 5 rings (SSSR count). The molecule has 1 fully saturated rings. The smallest absolute Gasteiger partial charge is 0.162 e. The number of likely N-dealkylation sites (tertiary alicyclic amines) is 1. The van der Waals surface area contributed by atoms with E-state index in [1.54, 1.807) is 12.1 Å². The van der Waals surface area contributed by atoms with Crippen LogP contribution in [-0.4, -0.2) is 64.3 Å². The van der Waals surface area contributed by atoms with Crippen LogP contribution in [0.3, 0.4) is 0 Å². The Morgan fingerprint density at radius 2 is 1.76 bits per heavy atom. The highest BCUT2D eigenvalue weighted by atomic mass is 79.9. The van der Waals surface area contributed by atoms with Crippen molar-refractivity contribution in [2.24, 2.45) is 0 Å². The number of hydrogen-bond donors (Lipinski definition) is 4. The van der Waals surface area contributed by atoms with Crippen molar-refractivity contribution in [2.75, 3.05) is 20.8 Å². The Morgan fingerprint density at radius 3 is 2.42 bits per heavy atom. The SMILES string of the molecule is COC1=C2[C@H]3[C@H](O)c4ccc(OC)c(O)c4[C@]2(CCN3Cc2ccc(Br)cc2)C[C@H](O)[C@@H]1O. The fourth-order valence-corrected chi connectivity index (χ4v) is 6.36. The van der Waals surface area contributed by atoms with Gasteiger partial charge in [-0.25, -0.2) is 0 Å². The maximum Gasteiger partial charge on any atom is 0.162 e. The minimum Gasteiger partial charge on any atom is -0.504 e. The number of phenols is 1. The fourth-order valence-electron chi connectivity index (χ4n) is 6.09. The van der Waals surface area contributed by atoms with Gasteiger partial charge in [0.2, 0.25) is 0 Å². The number of fused-ring (bicyclic) bond motifs is 1. The highest BCUT2D eigenvalue weighted by Gasteiger charge is 2.60. The summed E-state index contributed by atoms with van der Waals surface area (Å²) < 4.78 is 12.0. The minimum atomic E-state index is -1.20. The molecule has 8 heteroatoms. The van der Waals surface area contributed by atoms with Crippen molar-refractivity contribution in [2.45, 2.75) is 49.2 Å². The zero-order valence-corrected chi connectivity index (χ0v) is 20.1. The Morgan fingerprint density at radius 1 is 1.03 bits per heavy atom. The third kappa shape index (κ3) is 3.31. The van der Waals surface area contributed by atoms with Crippen LogP contribution < -0.4 is 4.74 Å².